The van der Waals surface area contributed by atoms with Gasteiger partial charge in [0, 0.05) is 12.8 Å². The molecule has 0 atom stereocenters. The quantitative estimate of drug-likeness (QED) is 0.495. The summed E-state index contributed by atoms with van der Waals surface area (Å²) in [6, 6.07) is 0. The van der Waals surface area contributed by atoms with Gasteiger partial charge >= 0.3 is 0 Å². The van der Waals surface area contributed by atoms with Gasteiger partial charge in [-0.1, -0.05) is 0 Å². The van der Waals surface area contributed by atoms with Gasteiger partial charge in [-0.3, -0.25) is 0 Å². The minimum atomic E-state index is -2.45. The lowest BCUT2D eigenvalue weighted by atomic mass is 9.85. The minimum absolute atomic E-state index is 0.0114. The number of nitrogens with zero attached hydrogens (tertiary/aromatic N) is 1. The van der Waals surface area contributed by atoms with E-state index in [0.717, 1.165) is 6.42 Å². The van der Waals surface area contributed by atoms with Crippen LogP contribution in [0.5, 0.6) is 0 Å². The van der Waals surface area contributed by atoms with Crippen LogP contribution in [0.4, 0.5) is 8.78 Å². The van der Waals surface area contributed by atoms with E-state index in [0.29, 0.717) is 25.3 Å². The number of isocyanates is 1. The third-order valence-corrected chi connectivity index (χ3v) is 2.55. The molecule has 0 radical (unpaired) electrons. The normalized spacial score (nSPS) is 22.3. The molecule has 2 nitrogen and oxygen atoms in total. The molecule has 4 heteroatoms. The predicted octanol–water partition coefficient (Wildman–Crippen LogP) is 2.54. The molecule has 0 aromatic carbocycles. The molecule has 1 rings (SSSR count). The monoisotopic (exact) mass is 189 g/mol. The maximum atomic E-state index is 12.7. The van der Waals surface area contributed by atoms with E-state index in [-0.39, 0.29) is 12.8 Å². The molecule has 0 unspecified atom stereocenters. The Morgan fingerprint density at radius 1 is 1.38 bits per heavy atom. The first kappa shape index (κ1) is 10.3. The summed E-state index contributed by atoms with van der Waals surface area (Å²) in [5.41, 5.74) is 0. The molecule has 13 heavy (non-hydrogen) atoms. The van der Waals surface area contributed by atoms with Gasteiger partial charge in [0.05, 0.1) is 6.54 Å². The summed E-state index contributed by atoms with van der Waals surface area (Å²) in [5.74, 6) is -2.14. The molecule has 0 aromatic rings. The van der Waals surface area contributed by atoms with Crippen molar-refractivity contribution < 1.29 is 13.6 Å². The van der Waals surface area contributed by atoms with E-state index in [2.05, 4.69) is 4.99 Å². The summed E-state index contributed by atoms with van der Waals surface area (Å²) < 4.78 is 25.4. The zero-order chi connectivity index (χ0) is 9.73. The summed E-state index contributed by atoms with van der Waals surface area (Å²) >= 11 is 0. The Morgan fingerprint density at radius 3 is 2.54 bits per heavy atom. The summed E-state index contributed by atoms with van der Waals surface area (Å²) in [4.78, 5) is 13.1. The van der Waals surface area contributed by atoms with Crippen molar-refractivity contribution in [3.8, 4) is 0 Å². The zero-order valence-electron chi connectivity index (χ0n) is 7.43. The van der Waals surface area contributed by atoms with Gasteiger partial charge in [-0.15, -0.1) is 0 Å². The first-order chi connectivity index (χ1) is 6.14. The van der Waals surface area contributed by atoms with Crippen LogP contribution in [-0.4, -0.2) is 18.5 Å². The summed E-state index contributed by atoms with van der Waals surface area (Å²) in [7, 11) is 0. The molecular formula is C9H13F2NO. The van der Waals surface area contributed by atoms with Crippen LogP contribution in [-0.2, 0) is 4.79 Å². The SMILES string of the molecule is O=C=NCCC1CCC(F)(F)CC1. The Bertz CT molecular complexity index is 202. The van der Waals surface area contributed by atoms with Crippen molar-refractivity contribution in [2.24, 2.45) is 10.9 Å². The smallest absolute Gasteiger partial charge is 0.211 e. The third-order valence-electron chi connectivity index (χ3n) is 2.55. The maximum absolute atomic E-state index is 12.7. The molecule has 0 amide bonds. The minimum Gasteiger partial charge on any atom is -0.211 e. The second-order valence-corrected chi connectivity index (χ2v) is 3.56. The fourth-order valence-electron chi connectivity index (χ4n) is 1.68. The highest BCUT2D eigenvalue weighted by Gasteiger charge is 2.34. The molecule has 1 saturated carbocycles. The van der Waals surface area contributed by atoms with Gasteiger partial charge in [0.15, 0.2) is 0 Å². The molecule has 1 aliphatic carbocycles. The van der Waals surface area contributed by atoms with Gasteiger partial charge < -0.3 is 0 Å². The molecule has 0 heterocycles. The van der Waals surface area contributed by atoms with Crippen molar-refractivity contribution in [3.05, 3.63) is 0 Å². The molecule has 0 spiro atoms. The highest BCUT2D eigenvalue weighted by atomic mass is 19.3. The highest BCUT2D eigenvalue weighted by molar-refractivity contribution is 5.32. The molecule has 0 aliphatic heterocycles. The predicted molar refractivity (Wildman–Crippen MR) is 44.5 cm³/mol. The lowest BCUT2D eigenvalue weighted by molar-refractivity contribution is -0.0462. The van der Waals surface area contributed by atoms with Gasteiger partial charge in [0.2, 0.25) is 12.0 Å². The number of hydrogen-bond donors (Lipinski definition) is 0. The first-order valence-electron chi connectivity index (χ1n) is 4.55. The number of carbonyl (C=O) groups excluding carboxylic acids is 1. The molecule has 0 N–H and O–H groups in total. The van der Waals surface area contributed by atoms with Gasteiger partial charge in [-0.2, -0.15) is 0 Å². The van der Waals surface area contributed by atoms with Gasteiger partial charge in [-0.25, -0.2) is 18.6 Å². The van der Waals surface area contributed by atoms with E-state index >= 15 is 0 Å². The van der Waals surface area contributed by atoms with Gasteiger partial charge in [0.1, 0.15) is 0 Å². The van der Waals surface area contributed by atoms with Crippen LogP contribution in [0, 0.1) is 5.92 Å². The molecule has 1 fully saturated rings. The molecule has 0 bridgehead atoms. The summed E-state index contributed by atoms with van der Waals surface area (Å²) in [6.45, 7) is 0.430. The molecule has 74 valence electrons. The van der Waals surface area contributed by atoms with E-state index in [4.69, 9.17) is 0 Å². The average Bonchev–Trinajstić information content (AvgIpc) is 2.08. The van der Waals surface area contributed by atoms with E-state index in [1.165, 1.54) is 6.08 Å². The van der Waals surface area contributed by atoms with Crippen molar-refractivity contribution in [1.29, 1.82) is 0 Å². The van der Waals surface area contributed by atoms with Crippen molar-refractivity contribution in [2.45, 2.75) is 38.0 Å². The van der Waals surface area contributed by atoms with E-state index in [1.54, 1.807) is 0 Å². The maximum Gasteiger partial charge on any atom is 0.248 e. The summed E-state index contributed by atoms with van der Waals surface area (Å²) in [6.07, 6.45) is 3.28. The lowest BCUT2D eigenvalue weighted by Gasteiger charge is -2.27. The van der Waals surface area contributed by atoms with Crippen LogP contribution in [0.25, 0.3) is 0 Å². The Hall–Kier alpha value is -0.760. The molecular weight excluding hydrogens is 176 g/mol. The first-order valence-corrected chi connectivity index (χ1v) is 4.55. The van der Waals surface area contributed by atoms with Crippen molar-refractivity contribution in [3.63, 3.8) is 0 Å². The highest BCUT2D eigenvalue weighted by Crippen LogP contribution is 2.37. The Kier molecular flexibility index (Phi) is 3.55. The second-order valence-electron chi connectivity index (χ2n) is 3.56. The van der Waals surface area contributed by atoms with Crippen molar-refractivity contribution in [1.82, 2.24) is 0 Å². The van der Waals surface area contributed by atoms with E-state index < -0.39 is 5.92 Å². The van der Waals surface area contributed by atoms with Crippen LogP contribution in [0.2, 0.25) is 0 Å². The molecule has 1 aliphatic rings. The number of aliphatic imine (C=N–C) groups is 1. The van der Waals surface area contributed by atoms with E-state index in [1.807, 2.05) is 0 Å². The largest absolute Gasteiger partial charge is 0.248 e. The van der Waals surface area contributed by atoms with Crippen LogP contribution in [0.3, 0.4) is 0 Å². The van der Waals surface area contributed by atoms with Gasteiger partial charge in [0.25, 0.3) is 0 Å². The topological polar surface area (TPSA) is 29.4 Å². The fraction of sp³-hybridized carbons (Fsp3) is 0.889. The standard InChI is InChI=1S/C9H13F2NO/c10-9(11)4-1-8(2-5-9)3-6-12-7-13/h8H,1-6H2. The van der Waals surface area contributed by atoms with Crippen LogP contribution >= 0.6 is 0 Å². The number of alkyl halides is 2. The second kappa shape index (κ2) is 4.47. The van der Waals surface area contributed by atoms with Crippen LogP contribution in [0.1, 0.15) is 32.1 Å². The van der Waals surface area contributed by atoms with Crippen molar-refractivity contribution in [2.75, 3.05) is 6.54 Å². The van der Waals surface area contributed by atoms with Crippen LogP contribution < -0.4 is 0 Å². The van der Waals surface area contributed by atoms with Crippen molar-refractivity contribution >= 4 is 6.08 Å². The zero-order valence-corrected chi connectivity index (χ0v) is 7.43. The third kappa shape index (κ3) is 3.64. The Labute approximate surface area is 76.0 Å². The molecule has 0 aromatic heterocycles. The lowest BCUT2D eigenvalue weighted by Crippen LogP contribution is -2.24. The Balaban J connectivity index is 2.21. The number of hydrogen-bond acceptors (Lipinski definition) is 2. The average molecular weight is 189 g/mol. The Morgan fingerprint density at radius 2 is 2.00 bits per heavy atom. The summed E-state index contributed by atoms with van der Waals surface area (Å²) in [5, 5.41) is 0. The number of rotatable bonds is 3. The van der Waals surface area contributed by atoms with Crippen LogP contribution in [0.15, 0.2) is 4.99 Å². The van der Waals surface area contributed by atoms with Gasteiger partial charge in [-0.05, 0) is 25.2 Å². The fourth-order valence-corrected chi connectivity index (χ4v) is 1.68. The molecule has 0 saturated heterocycles. The number of halogens is 2. The van der Waals surface area contributed by atoms with E-state index in [9.17, 15) is 13.6 Å².